The molecule has 4 nitrogen and oxygen atoms in total. The molecule has 2 atom stereocenters. The fourth-order valence-electron chi connectivity index (χ4n) is 5.47. The molecule has 3 N–H and O–H groups in total. The molecule has 0 aromatic rings. The summed E-state index contributed by atoms with van der Waals surface area (Å²) >= 11 is 0. The van der Waals surface area contributed by atoms with Crippen molar-refractivity contribution in [2.45, 2.75) is 206 Å². The molecule has 0 aliphatic carbocycles. The molecular formula is C36H71NO3. The molecule has 0 aliphatic heterocycles. The topological polar surface area (TPSA) is 69.6 Å². The Kier molecular flexibility index (Phi) is 31.9. The molecule has 40 heavy (non-hydrogen) atoms. The molecule has 0 fully saturated rings. The van der Waals surface area contributed by atoms with Crippen molar-refractivity contribution in [1.82, 2.24) is 5.32 Å². The van der Waals surface area contributed by atoms with Crippen LogP contribution in [0.15, 0.2) is 12.2 Å². The Bertz CT molecular complexity index is 536. The molecule has 1 amide bonds. The second-order valence-corrected chi connectivity index (χ2v) is 12.3. The monoisotopic (exact) mass is 566 g/mol. The van der Waals surface area contributed by atoms with Gasteiger partial charge in [0.25, 0.3) is 0 Å². The van der Waals surface area contributed by atoms with Crippen molar-refractivity contribution in [2.75, 3.05) is 6.61 Å². The number of carbonyl (C=O) groups is 1. The number of rotatable bonds is 32. The summed E-state index contributed by atoms with van der Waals surface area (Å²) in [5.74, 6) is -0.0380. The largest absolute Gasteiger partial charge is 0.394 e. The first-order chi connectivity index (χ1) is 19.7. The average molecular weight is 566 g/mol. The van der Waals surface area contributed by atoms with E-state index >= 15 is 0 Å². The lowest BCUT2D eigenvalue weighted by atomic mass is 10.0. The standard InChI is InChI=1S/C36H71NO3/c1-3-5-7-9-11-13-14-15-16-17-18-19-20-21-22-24-26-28-30-32-36(40)37-34(33-38)35(39)31-29-27-25-23-12-10-8-6-4-2/h17-18,34-35,38-39H,3-16,19-33H2,1-2H3,(H,37,40)/b18-17-. The van der Waals surface area contributed by atoms with E-state index in [-0.39, 0.29) is 12.5 Å². The van der Waals surface area contributed by atoms with Crippen molar-refractivity contribution in [2.24, 2.45) is 0 Å². The van der Waals surface area contributed by atoms with E-state index < -0.39 is 12.1 Å². The Morgan fingerprint density at radius 1 is 0.575 bits per heavy atom. The Morgan fingerprint density at radius 2 is 0.950 bits per heavy atom. The fourth-order valence-corrected chi connectivity index (χ4v) is 5.47. The zero-order valence-corrected chi connectivity index (χ0v) is 27.1. The molecular weight excluding hydrogens is 494 g/mol. The van der Waals surface area contributed by atoms with Gasteiger partial charge in [-0.1, -0.05) is 161 Å². The number of amides is 1. The molecule has 0 aromatic heterocycles. The van der Waals surface area contributed by atoms with Gasteiger partial charge < -0.3 is 15.5 Å². The predicted molar refractivity (Wildman–Crippen MR) is 175 cm³/mol. The van der Waals surface area contributed by atoms with Gasteiger partial charge in [-0.25, -0.2) is 0 Å². The van der Waals surface area contributed by atoms with E-state index in [0.717, 1.165) is 25.7 Å². The lowest BCUT2D eigenvalue weighted by Crippen LogP contribution is -2.45. The zero-order chi connectivity index (χ0) is 29.4. The van der Waals surface area contributed by atoms with Gasteiger partial charge in [0.05, 0.1) is 18.8 Å². The number of aliphatic hydroxyl groups is 2. The SMILES string of the molecule is CCCCCCCCCC/C=C\CCCCCCCCCC(=O)NC(CO)C(O)CCCCCCCCCCC. The third kappa shape index (κ3) is 28.7. The smallest absolute Gasteiger partial charge is 0.220 e. The van der Waals surface area contributed by atoms with Gasteiger partial charge >= 0.3 is 0 Å². The Hall–Kier alpha value is -0.870. The van der Waals surface area contributed by atoms with Crippen LogP contribution in [0.2, 0.25) is 0 Å². The van der Waals surface area contributed by atoms with Crippen LogP contribution in [0, 0.1) is 0 Å². The van der Waals surface area contributed by atoms with E-state index in [1.54, 1.807) is 0 Å². The summed E-state index contributed by atoms with van der Waals surface area (Å²) in [6.07, 6.45) is 38.4. The molecule has 238 valence electrons. The van der Waals surface area contributed by atoms with Crippen LogP contribution < -0.4 is 5.32 Å². The van der Waals surface area contributed by atoms with Crippen molar-refractivity contribution in [1.29, 1.82) is 0 Å². The van der Waals surface area contributed by atoms with E-state index in [4.69, 9.17) is 0 Å². The summed E-state index contributed by atoms with van der Waals surface area (Å²) in [5.41, 5.74) is 0. The van der Waals surface area contributed by atoms with Crippen molar-refractivity contribution in [3.05, 3.63) is 12.2 Å². The number of unbranched alkanes of at least 4 members (excludes halogenated alkanes) is 23. The summed E-state index contributed by atoms with van der Waals surface area (Å²) in [4.78, 5) is 12.3. The molecule has 0 radical (unpaired) electrons. The van der Waals surface area contributed by atoms with Crippen molar-refractivity contribution < 1.29 is 15.0 Å². The highest BCUT2D eigenvalue weighted by molar-refractivity contribution is 5.76. The first-order valence-electron chi connectivity index (χ1n) is 17.9. The van der Waals surface area contributed by atoms with E-state index in [0.29, 0.717) is 12.8 Å². The highest BCUT2D eigenvalue weighted by atomic mass is 16.3. The van der Waals surface area contributed by atoms with E-state index in [9.17, 15) is 15.0 Å². The van der Waals surface area contributed by atoms with Crippen LogP contribution in [0.4, 0.5) is 0 Å². The van der Waals surface area contributed by atoms with Gasteiger partial charge in [0.15, 0.2) is 0 Å². The van der Waals surface area contributed by atoms with Gasteiger partial charge in [-0.05, 0) is 38.5 Å². The molecule has 0 saturated carbocycles. The summed E-state index contributed by atoms with van der Waals surface area (Å²) in [7, 11) is 0. The van der Waals surface area contributed by atoms with Crippen molar-refractivity contribution >= 4 is 5.91 Å². The number of hydrogen-bond acceptors (Lipinski definition) is 3. The number of nitrogens with one attached hydrogen (secondary N) is 1. The van der Waals surface area contributed by atoms with Crippen LogP contribution in [0.1, 0.15) is 194 Å². The second kappa shape index (κ2) is 32.6. The minimum Gasteiger partial charge on any atom is -0.394 e. The lowest BCUT2D eigenvalue weighted by Gasteiger charge is -2.22. The number of allylic oxidation sites excluding steroid dienone is 2. The number of hydrogen-bond donors (Lipinski definition) is 3. The molecule has 4 heteroatoms. The maximum absolute atomic E-state index is 12.3. The van der Waals surface area contributed by atoms with E-state index in [1.165, 1.54) is 141 Å². The third-order valence-electron chi connectivity index (χ3n) is 8.28. The zero-order valence-electron chi connectivity index (χ0n) is 27.1. The predicted octanol–water partition coefficient (Wildman–Crippen LogP) is 10.3. The van der Waals surface area contributed by atoms with Gasteiger partial charge in [-0.15, -0.1) is 0 Å². The molecule has 0 aliphatic rings. The van der Waals surface area contributed by atoms with Gasteiger partial charge in [-0.2, -0.15) is 0 Å². The van der Waals surface area contributed by atoms with Crippen molar-refractivity contribution in [3.8, 4) is 0 Å². The summed E-state index contributed by atoms with van der Waals surface area (Å²) < 4.78 is 0. The second-order valence-electron chi connectivity index (χ2n) is 12.3. The maximum Gasteiger partial charge on any atom is 0.220 e. The van der Waals surface area contributed by atoms with E-state index in [1.807, 2.05) is 0 Å². The third-order valence-corrected chi connectivity index (χ3v) is 8.28. The van der Waals surface area contributed by atoms with Gasteiger partial charge in [0.1, 0.15) is 0 Å². The summed E-state index contributed by atoms with van der Waals surface area (Å²) in [6, 6.07) is -0.532. The minimum atomic E-state index is -0.654. The quantitative estimate of drug-likeness (QED) is 0.0561. The van der Waals surface area contributed by atoms with Crippen LogP contribution in [0.25, 0.3) is 0 Å². The molecule has 0 saturated heterocycles. The van der Waals surface area contributed by atoms with Gasteiger partial charge in [0, 0.05) is 6.42 Å². The normalized spacial score (nSPS) is 13.2. The highest BCUT2D eigenvalue weighted by Gasteiger charge is 2.19. The van der Waals surface area contributed by atoms with Gasteiger partial charge in [-0.3, -0.25) is 4.79 Å². The Balaban J connectivity index is 3.53. The Morgan fingerprint density at radius 3 is 1.38 bits per heavy atom. The first kappa shape index (κ1) is 39.1. The molecule has 0 rings (SSSR count). The average Bonchev–Trinajstić information content (AvgIpc) is 2.96. The van der Waals surface area contributed by atoms with Crippen LogP contribution >= 0.6 is 0 Å². The summed E-state index contributed by atoms with van der Waals surface area (Å²) in [5, 5.41) is 22.9. The van der Waals surface area contributed by atoms with Crippen LogP contribution in [0.5, 0.6) is 0 Å². The molecule has 0 heterocycles. The maximum atomic E-state index is 12.3. The highest BCUT2D eigenvalue weighted by Crippen LogP contribution is 2.14. The van der Waals surface area contributed by atoms with Crippen LogP contribution in [-0.2, 0) is 4.79 Å². The Labute approximate surface area is 250 Å². The minimum absolute atomic E-state index is 0.0380. The van der Waals surface area contributed by atoms with E-state index in [2.05, 4.69) is 31.3 Å². The lowest BCUT2D eigenvalue weighted by molar-refractivity contribution is -0.123. The van der Waals surface area contributed by atoms with Crippen LogP contribution in [-0.4, -0.2) is 34.9 Å². The summed E-state index contributed by atoms with van der Waals surface area (Å²) in [6.45, 7) is 4.33. The molecule has 0 aromatic carbocycles. The number of aliphatic hydroxyl groups excluding tert-OH is 2. The molecule has 0 bridgehead atoms. The molecule has 0 spiro atoms. The van der Waals surface area contributed by atoms with Gasteiger partial charge in [0.2, 0.25) is 5.91 Å². The van der Waals surface area contributed by atoms with Crippen molar-refractivity contribution in [3.63, 3.8) is 0 Å². The fraction of sp³-hybridized carbons (Fsp3) is 0.917. The number of carbonyl (C=O) groups excluding carboxylic acids is 1. The van der Waals surface area contributed by atoms with Crippen LogP contribution in [0.3, 0.4) is 0 Å². The first-order valence-corrected chi connectivity index (χ1v) is 17.9. The molecule has 2 unspecified atom stereocenters.